The fourth-order valence-corrected chi connectivity index (χ4v) is 3.29. The molecule has 25 heavy (non-hydrogen) atoms. The molecule has 0 spiro atoms. The lowest BCUT2D eigenvalue weighted by molar-refractivity contribution is -0.116. The Hall–Kier alpha value is -2.21. The van der Waals surface area contributed by atoms with E-state index in [0.717, 1.165) is 26.1 Å². The van der Waals surface area contributed by atoms with Crippen LogP contribution in [-0.4, -0.2) is 44.7 Å². The standard InChI is InChI=1S/C19H27N5O/c1-16-4-2-3-12-23(16)13-9-19(25)21-18-8-15-24(22-18)14-7-17-5-10-20-11-6-17/h5-6,8,10-11,15-16H,2-4,7,9,12-14H2,1H3,(H,21,22,25). The highest BCUT2D eigenvalue weighted by atomic mass is 16.1. The van der Waals surface area contributed by atoms with Gasteiger partial charge >= 0.3 is 0 Å². The van der Waals surface area contributed by atoms with Crippen molar-refractivity contribution in [2.45, 2.75) is 51.6 Å². The first kappa shape index (κ1) is 17.6. The Kier molecular flexibility index (Phi) is 6.17. The number of aryl methyl sites for hydroxylation is 2. The molecule has 1 amide bonds. The van der Waals surface area contributed by atoms with Gasteiger partial charge in [0.25, 0.3) is 0 Å². The Labute approximate surface area is 149 Å². The van der Waals surface area contributed by atoms with Crippen LogP contribution in [0.15, 0.2) is 36.8 Å². The van der Waals surface area contributed by atoms with Crippen LogP contribution in [0.5, 0.6) is 0 Å². The molecule has 0 aliphatic carbocycles. The number of aromatic nitrogens is 3. The number of hydrogen-bond acceptors (Lipinski definition) is 4. The summed E-state index contributed by atoms with van der Waals surface area (Å²) in [7, 11) is 0. The second-order valence-electron chi connectivity index (χ2n) is 6.75. The molecule has 3 heterocycles. The number of nitrogens with zero attached hydrogens (tertiary/aromatic N) is 4. The summed E-state index contributed by atoms with van der Waals surface area (Å²) >= 11 is 0. The van der Waals surface area contributed by atoms with Gasteiger partial charge in [0.1, 0.15) is 0 Å². The van der Waals surface area contributed by atoms with Gasteiger partial charge in [-0.3, -0.25) is 14.5 Å². The van der Waals surface area contributed by atoms with E-state index in [1.807, 2.05) is 29.1 Å². The monoisotopic (exact) mass is 341 g/mol. The topological polar surface area (TPSA) is 63.1 Å². The van der Waals surface area contributed by atoms with Crippen LogP contribution in [-0.2, 0) is 17.8 Å². The molecule has 2 aromatic heterocycles. The number of hydrogen-bond donors (Lipinski definition) is 1. The van der Waals surface area contributed by atoms with Crippen LogP contribution >= 0.6 is 0 Å². The van der Waals surface area contributed by atoms with Crippen LogP contribution in [0.1, 0.15) is 38.2 Å². The molecule has 1 aliphatic rings. The molecule has 2 aromatic rings. The minimum Gasteiger partial charge on any atom is -0.309 e. The molecular weight excluding hydrogens is 314 g/mol. The van der Waals surface area contributed by atoms with Crippen LogP contribution in [0.25, 0.3) is 0 Å². The van der Waals surface area contributed by atoms with Crippen LogP contribution < -0.4 is 5.32 Å². The highest BCUT2D eigenvalue weighted by Gasteiger charge is 2.18. The van der Waals surface area contributed by atoms with Crippen molar-refractivity contribution in [2.24, 2.45) is 0 Å². The van der Waals surface area contributed by atoms with Crippen molar-refractivity contribution in [1.29, 1.82) is 0 Å². The number of carbonyl (C=O) groups is 1. The van der Waals surface area contributed by atoms with Gasteiger partial charge in [-0.25, -0.2) is 0 Å². The van der Waals surface area contributed by atoms with E-state index in [4.69, 9.17) is 0 Å². The smallest absolute Gasteiger partial charge is 0.226 e. The van der Waals surface area contributed by atoms with Gasteiger partial charge in [-0.15, -0.1) is 0 Å². The number of piperidine rings is 1. The molecule has 1 atom stereocenters. The van der Waals surface area contributed by atoms with E-state index >= 15 is 0 Å². The Balaban J connectivity index is 1.42. The van der Waals surface area contributed by atoms with Gasteiger partial charge in [-0.05, 0) is 50.4 Å². The SMILES string of the molecule is CC1CCCCN1CCC(=O)Nc1ccn(CCc2ccncc2)n1. The molecule has 1 saturated heterocycles. The predicted molar refractivity (Wildman–Crippen MR) is 98.3 cm³/mol. The molecule has 0 radical (unpaired) electrons. The number of amides is 1. The summed E-state index contributed by atoms with van der Waals surface area (Å²) in [6.45, 7) is 4.97. The minimum atomic E-state index is 0.0390. The first-order valence-corrected chi connectivity index (χ1v) is 9.17. The molecule has 0 saturated carbocycles. The lowest BCUT2D eigenvalue weighted by atomic mass is 10.0. The minimum absolute atomic E-state index is 0.0390. The third kappa shape index (κ3) is 5.39. The first-order chi connectivity index (χ1) is 12.2. The number of anilines is 1. The van der Waals surface area contributed by atoms with Gasteiger partial charge in [0.15, 0.2) is 5.82 Å². The number of rotatable bonds is 7. The lowest BCUT2D eigenvalue weighted by Crippen LogP contribution is -2.39. The highest BCUT2D eigenvalue weighted by Crippen LogP contribution is 2.16. The number of carbonyl (C=O) groups excluding carboxylic acids is 1. The Morgan fingerprint density at radius 3 is 2.88 bits per heavy atom. The maximum Gasteiger partial charge on any atom is 0.226 e. The summed E-state index contributed by atoms with van der Waals surface area (Å²) in [5.74, 6) is 0.670. The molecule has 6 heteroatoms. The molecule has 1 unspecified atom stereocenters. The summed E-state index contributed by atoms with van der Waals surface area (Å²) < 4.78 is 1.86. The summed E-state index contributed by atoms with van der Waals surface area (Å²) in [6.07, 6.45) is 10.7. The number of pyridine rings is 1. The van der Waals surface area contributed by atoms with Crippen molar-refractivity contribution in [3.63, 3.8) is 0 Å². The zero-order valence-electron chi connectivity index (χ0n) is 14.9. The Bertz CT molecular complexity index is 669. The van der Waals surface area contributed by atoms with Crippen molar-refractivity contribution in [1.82, 2.24) is 19.7 Å². The predicted octanol–water partition coefficient (Wildman–Crippen LogP) is 2.72. The summed E-state index contributed by atoms with van der Waals surface area (Å²) in [5, 5.41) is 7.34. The fraction of sp³-hybridized carbons (Fsp3) is 0.526. The van der Waals surface area contributed by atoms with Gasteiger partial charge in [0, 0.05) is 50.2 Å². The van der Waals surface area contributed by atoms with Crippen LogP contribution in [0.3, 0.4) is 0 Å². The molecule has 134 valence electrons. The molecule has 3 rings (SSSR count). The molecule has 0 bridgehead atoms. The van der Waals surface area contributed by atoms with Gasteiger partial charge < -0.3 is 10.2 Å². The zero-order valence-corrected chi connectivity index (χ0v) is 14.9. The van der Waals surface area contributed by atoms with Gasteiger partial charge in [0.05, 0.1) is 0 Å². The van der Waals surface area contributed by atoms with E-state index in [1.54, 1.807) is 12.4 Å². The van der Waals surface area contributed by atoms with E-state index < -0.39 is 0 Å². The third-order valence-corrected chi connectivity index (χ3v) is 4.85. The zero-order chi connectivity index (χ0) is 17.5. The van der Waals surface area contributed by atoms with Crippen molar-refractivity contribution in [3.8, 4) is 0 Å². The van der Waals surface area contributed by atoms with Crippen LogP contribution in [0.4, 0.5) is 5.82 Å². The summed E-state index contributed by atoms with van der Waals surface area (Å²) in [5.41, 5.74) is 1.23. The molecular formula is C19H27N5O. The molecule has 1 aliphatic heterocycles. The van der Waals surface area contributed by atoms with Crippen molar-refractivity contribution in [3.05, 3.63) is 42.4 Å². The summed E-state index contributed by atoms with van der Waals surface area (Å²) in [4.78, 5) is 18.6. The fourth-order valence-electron chi connectivity index (χ4n) is 3.29. The second kappa shape index (κ2) is 8.76. The Morgan fingerprint density at radius 1 is 1.24 bits per heavy atom. The van der Waals surface area contributed by atoms with Gasteiger partial charge in [0.2, 0.25) is 5.91 Å². The maximum atomic E-state index is 12.2. The van der Waals surface area contributed by atoms with Crippen molar-refractivity contribution < 1.29 is 4.79 Å². The lowest BCUT2D eigenvalue weighted by Gasteiger charge is -2.32. The number of nitrogens with one attached hydrogen (secondary N) is 1. The average Bonchev–Trinajstić information content (AvgIpc) is 3.07. The highest BCUT2D eigenvalue weighted by molar-refractivity contribution is 5.89. The molecule has 1 N–H and O–H groups in total. The van der Waals surface area contributed by atoms with Crippen molar-refractivity contribution >= 4 is 11.7 Å². The van der Waals surface area contributed by atoms with E-state index in [0.29, 0.717) is 18.3 Å². The van der Waals surface area contributed by atoms with Crippen LogP contribution in [0, 0.1) is 0 Å². The first-order valence-electron chi connectivity index (χ1n) is 9.17. The normalized spacial score (nSPS) is 18.2. The van der Waals surface area contributed by atoms with Gasteiger partial charge in [-0.2, -0.15) is 5.10 Å². The second-order valence-corrected chi connectivity index (χ2v) is 6.75. The van der Waals surface area contributed by atoms with Crippen molar-refractivity contribution in [2.75, 3.05) is 18.4 Å². The average molecular weight is 341 g/mol. The molecule has 1 fully saturated rings. The largest absolute Gasteiger partial charge is 0.309 e. The number of likely N-dealkylation sites (tertiary alicyclic amines) is 1. The van der Waals surface area contributed by atoms with E-state index in [2.05, 4.69) is 27.2 Å². The third-order valence-electron chi connectivity index (χ3n) is 4.85. The summed E-state index contributed by atoms with van der Waals surface area (Å²) in [6, 6.07) is 6.46. The van der Waals surface area contributed by atoms with E-state index in [-0.39, 0.29) is 5.91 Å². The van der Waals surface area contributed by atoms with E-state index in [9.17, 15) is 4.79 Å². The van der Waals surface area contributed by atoms with E-state index in [1.165, 1.54) is 24.8 Å². The molecule has 0 aromatic carbocycles. The maximum absolute atomic E-state index is 12.2. The Morgan fingerprint density at radius 2 is 2.08 bits per heavy atom. The van der Waals surface area contributed by atoms with Crippen LogP contribution in [0.2, 0.25) is 0 Å². The van der Waals surface area contributed by atoms with Gasteiger partial charge in [-0.1, -0.05) is 6.42 Å². The molecule has 6 nitrogen and oxygen atoms in total. The quantitative estimate of drug-likeness (QED) is 0.841.